The minimum Gasteiger partial charge on any atom is -0.467 e. The lowest BCUT2D eigenvalue weighted by Crippen LogP contribution is -2.23. The molecule has 1 amide bonds. The standard InChI is InChI=1S/C20H15ClN2O3/c1-13-4-5-15(21)10-18(13)19-7-6-16(26-19)9-14(11-22)20(24)23-12-17-3-2-8-25-17/h2-10H,12H2,1H3,(H,23,24)/b14-9+. The van der Waals surface area contributed by atoms with Gasteiger partial charge in [0.05, 0.1) is 12.8 Å². The molecule has 2 heterocycles. The van der Waals surface area contributed by atoms with Gasteiger partial charge < -0.3 is 14.2 Å². The molecule has 6 heteroatoms. The lowest BCUT2D eigenvalue weighted by molar-refractivity contribution is -0.117. The molecule has 0 aliphatic rings. The molecule has 5 nitrogen and oxygen atoms in total. The van der Waals surface area contributed by atoms with Gasteiger partial charge in [-0.2, -0.15) is 5.26 Å². The second kappa shape index (κ2) is 7.77. The van der Waals surface area contributed by atoms with E-state index in [4.69, 9.17) is 20.4 Å². The molecule has 0 radical (unpaired) electrons. The number of benzene rings is 1. The van der Waals surface area contributed by atoms with Crippen LogP contribution in [0.4, 0.5) is 0 Å². The molecule has 2 aromatic heterocycles. The Morgan fingerprint density at radius 1 is 1.31 bits per heavy atom. The highest BCUT2D eigenvalue weighted by Crippen LogP contribution is 2.28. The van der Waals surface area contributed by atoms with Gasteiger partial charge in [-0.15, -0.1) is 0 Å². The SMILES string of the molecule is Cc1ccc(Cl)cc1-c1ccc(/C=C(\C#N)C(=O)NCc2ccco2)o1. The number of halogens is 1. The highest BCUT2D eigenvalue weighted by atomic mass is 35.5. The molecule has 3 rings (SSSR count). The van der Waals surface area contributed by atoms with Crippen LogP contribution in [0.15, 0.2) is 63.1 Å². The molecule has 3 aromatic rings. The summed E-state index contributed by atoms with van der Waals surface area (Å²) in [5.74, 6) is 1.13. The third kappa shape index (κ3) is 4.05. The van der Waals surface area contributed by atoms with E-state index in [1.807, 2.05) is 25.1 Å². The minimum absolute atomic E-state index is 0.0553. The van der Waals surface area contributed by atoms with E-state index in [9.17, 15) is 10.1 Å². The largest absolute Gasteiger partial charge is 0.467 e. The zero-order chi connectivity index (χ0) is 18.5. The molecule has 0 saturated carbocycles. The predicted molar refractivity (Wildman–Crippen MR) is 98.0 cm³/mol. The van der Waals surface area contributed by atoms with Gasteiger partial charge in [0.1, 0.15) is 28.9 Å². The average Bonchev–Trinajstić information content (AvgIpc) is 3.31. The Morgan fingerprint density at radius 3 is 2.88 bits per heavy atom. The fraction of sp³-hybridized carbons (Fsp3) is 0.100. The number of nitrogens with zero attached hydrogens (tertiary/aromatic N) is 1. The van der Waals surface area contributed by atoms with Gasteiger partial charge >= 0.3 is 0 Å². The van der Waals surface area contributed by atoms with Crippen LogP contribution in [0.2, 0.25) is 5.02 Å². The first-order valence-corrected chi connectivity index (χ1v) is 8.23. The normalized spacial score (nSPS) is 11.2. The summed E-state index contributed by atoms with van der Waals surface area (Å²) < 4.78 is 10.9. The third-order valence-electron chi connectivity index (χ3n) is 3.75. The summed E-state index contributed by atoms with van der Waals surface area (Å²) in [6, 6.07) is 14.3. The number of nitriles is 1. The lowest BCUT2D eigenvalue weighted by Gasteiger charge is -2.03. The van der Waals surface area contributed by atoms with Gasteiger partial charge in [0, 0.05) is 16.7 Å². The second-order valence-electron chi connectivity index (χ2n) is 5.59. The van der Waals surface area contributed by atoms with Gasteiger partial charge in [0.2, 0.25) is 0 Å². The van der Waals surface area contributed by atoms with Crippen molar-refractivity contribution in [1.82, 2.24) is 5.32 Å². The number of hydrogen-bond acceptors (Lipinski definition) is 4. The van der Waals surface area contributed by atoms with Gasteiger partial charge in [0.25, 0.3) is 5.91 Å². The van der Waals surface area contributed by atoms with Crippen molar-refractivity contribution in [3.63, 3.8) is 0 Å². The Balaban J connectivity index is 1.77. The van der Waals surface area contributed by atoms with Gasteiger partial charge in [-0.1, -0.05) is 17.7 Å². The van der Waals surface area contributed by atoms with Gasteiger partial charge in [-0.05, 0) is 48.9 Å². The van der Waals surface area contributed by atoms with Crippen molar-refractivity contribution >= 4 is 23.6 Å². The number of rotatable bonds is 5. The molecule has 1 N–H and O–H groups in total. The number of nitrogens with one attached hydrogen (secondary N) is 1. The molecule has 0 fully saturated rings. The summed E-state index contributed by atoms with van der Waals surface area (Å²) in [6.07, 6.45) is 2.92. The number of furan rings is 2. The zero-order valence-electron chi connectivity index (χ0n) is 14.0. The molecule has 0 spiro atoms. The van der Waals surface area contributed by atoms with Gasteiger partial charge in [0.15, 0.2) is 0 Å². The van der Waals surface area contributed by atoms with Crippen LogP contribution in [0.1, 0.15) is 17.1 Å². The number of aryl methyl sites for hydroxylation is 1. The Hall–Kier alpha value is -3.23. The second-order valence-corrected chi connectivity index (χ2v) is 6.03. The summed E-state index contributed by atoms with van der Waals surface area (Å²) >= 11 is 6.04. The molecule has 26 heavy (non-hydrogen) atoms. The maximum atomic E-state index is 12.1. The highest BCUT2D eigenvalue weighted by molar-refractivity contribution is 6.30. The number of carbonyl (C=O) groups excluding carboxylic acids is 1. The first kappa shape index (κ1) is 17.6. The smallest absolute Gasteiger partial charge is 0.262 e. The number of amides is 1. The van der Waals surface area contributed by atoms with Crippen LogP contribution < -0.4 is 5.32 Å². The van der Waals surface area contributed by atoms with Crippen LogP contribution in [-0.2, 0) is 11.3 Å². The fourth-order valence-electron chi connectivity index (χ4n) is 2.40. The lowest BCUT2D eigenvalue weighted by atomic mass is 10.1. The van der Waals surface area contributed by atoms with Crippen molar-refractivity contribution in [2.75, 3.05) is 0 Å². The molecule has 0 unspecified atom stereocenters. The van der Waals surface area contributed by atoms with E-state index in [-0.39, 0.29) is 12.1 Å². The van der Waals surface area contributed by atoms with E-state index in [1.54, 1.807) is 30.3 Å². The molecule has 0 saturated heterocycles. The summed E-state index contributed by atoms with van der Waals surface area (Å²) in [5, 5.41) is 12.5. The molecule has 130 valence electrons. The Labute approximate surface area is 155 Å². The molecular weight excluding hydrogens is 352 g/mol. The van der Waals surface area contributed by atoms with E-state index in [0.29, 0.717) is 22.3 Å². The zero-order valence-corrected chi connectivity index (χ0v) is 14.7. The van der Waals surface area contributed by atoms with E-state index in [1.165, 1.54) is 12.3 Å². The van der Waals surface area contributed by atoms with Crippen LogP contribution in [0.5, 0.6) is 0 Å². The molecule has 0 atom stereocenters. The first-order chi connectivity index (χ1) is 12.6. The summed E-state index contributed by atoms with van der Waals surface area (Å²) in [5.41, 5.74) is 1.81. The number of carbonyl (C=O) groups is 1. The maximum Gasteiger partial charge on any atom is 0.262 e. The molecule has 0 aliphatic heterocycles. The molecule has 0 bridgehead atoms. The van der Waals surface area contributed by atoms with Crippen molar-refractivity contribution < 1.29 is 13.6 Å². The van der Waals surface area contributed by atoms with Crippen LogP contribution in [0, 0.1) is 18.3 Å². The molecular formula is C20H15ClN2O3. The number of hydrogen-bond donors (Lipinski definition) is 1. The van der Waals surface area contributed by atoms with Crippen molar-refractivity contribution in [2.24, 2.45) is 0 Å². The topological polar surface area (TPSA) is 79.2 Å². The maximum absolute atomic E-state index is 12.1. The summed E-state index contributed by atoms with van der Waals surface area (Å²) in [7, 11) is 0. The highest BCUT2D eigenvalue weighted by Gasteiger charge is 2.12. The third-order valence-corrected chi connectivity index (χ3v) is 3.98. The van der Waals surface area contributed by atoms with Crippen molar-refractivity contribution in [2.45, 2.75) is 13.5 Å². The van der Waals surface area contributed by atoms with Gasteiger partial charge in [-0.25, -0.2) is 0 Å². The van der Waals surface area contributed by atoms with E-state index in [2.05, 4.69) is 5.32 Å². The van der Waals surface area contributed by atoms with Crippen molar-refractivity contribution in [3.05, 3.63) is 76.4 Å². The van der Waals surface area contributed by atoms with Crippen LogP contribution >= 0.6 is 11.6 Å². The fourth-order valence-corrected chi connectivity index (χ4v) is 2.57. The van der Waals surface area contributed by atoms with Gasteiger partial charge in [-0.3, -0.25) is 4.79 Å². The van der Waals surface area contributed by atoms with Crippen molar-refractivity contribution in [1.29, 1.82) is 5.26 Å². The van der Waals surface area contributed by atoms with Crippen LogP contribution in [0.3, 0.4) is 0 Å². The minimum atomic E-state index is -0.499. The Bertz CT molecular complexity index is 994. The van der Waals surface area contributed by atoms with Crippen molar-refractivity contribution in [3.8, 4) is 17.4 Å². The summed E-state index contributed by atoms with van der Waals surface area (Å²) in [4.78, 5) is 12.1. The average molecular weight is 367 g/mol. The van der Waals surface area contributed by atoms with E-state index in [0.717, 1.165) is 11.1 Å². The molecule has 1 aromatic carbocycles. The monoisotopic (exact) mass is 366 g/mol. The Morgan fingerprint density at radius 2 is 2.15 bits per heavy atom. The first-order valence-electron chi connectivity index (χ1n) is 7.85. The van der Waals surface area contributed by atoms with Crippen LogP contribution in [-0.4, -0.2) is 5.91 Å². The van der Waals surface area contributed by atoms with E-state index < -0.39 is 5.91 Å². The Kier molecular flexibility index (Phi) is 5.26. The van der Waals surface area contributed by atoms with E-state index >= 15 is 0 Å². The predicted octanol–water partition coefficient (Wildman–Crippen LogP) is 4.72. The quantitative estimate of drug-likeness (QED) is 0.523. The summed E-state index contributed by atoms with van der Waals surface area (Å²) in [6.45, 7) is 2.16. The molecule has 0 aliphatic carbocycles. The van der Waals surface area contributed by atoms with Crippen LogP contribution in [0.25, 0.3) is 17.4 Å².